The number of carbonyl (C=O) groups is 1. The highest BCUT2D eigenvalue weighted by atomic mass is 35.5. The Balaban J connectivity index is 1.92. The Morgan fingerprint density at radius 1 is 1.14 bits per heavy atom. The second-order valence-corrected chi connectivity index (χ2v) is 7.62. The summed E-state index contributed by atoms with van der Waals surface area (Å²) in [4.78, 5) is 31.3. The molecule has 9 heteroatoms. The van der Waals surface area contributed by atoms with E-state index < -0.39 is 12.1 Å². The van der Waals surface area contributed by atoms with Gasteiger partial charge < -0.3 is 10.2 Å². The van der Waals surface area contributed by atoms with Crippen LogP contribution < -0.4 is 10.9 Å². The first-order valence-electron chi connectivity index (χ1n) is 8.34. The first-order valence-corrected chi connectivity index (χ1v) is 9.47. The number of rotatable bonds is 3. The van der Waals surface area contributed by atoms with Crippen molar-refractivity contribution in [1.82, 2.24) is 14.5 Å². The SMILES string of the molecule is CC(c1nc2cc(Cl)ccc2c(=O)n1C)N(C)C(=O)Nc1ccc(Cl)cc1Cl. The lowest BCUT2D eigenvalue weighted by molar-refractivity contribution is 0.205. The molecule has 1 heterocycles. The Labute approximate surface area is 176 Å². The van der Waals surface area contributed by atoms with Gasteiger partial charge in [-0.1, -0.05) is 34.8 Å². The molecule has 1 unspecified atom stereocenters. The summed E-state index contributed by atoms with van der Waals surface area (Å²) in [7, 11) is 3.23. The van der Waals surface area contributed by atoms with E-state index in [1.165, 1.54) is 9.47 Å². The first kappa shape index (κ1) is 20.5. The van der Waals surface area contributed by atoms with Crippen LogP contribution in [0.4, 0.5) is 10.5 Å². The Kier molecular flexibility index (Phi) is 5.84. The molecule has 1 N–H and O–H groups in total. The van der Waals surface area contributed by atoms with Gasteiger partial charge in [-0.25, -0.2) is 9.78 Å². The van der Waals surface area contributed by atoms with E-state index in [-0.39, 0.29) is 5.56 Å². The van der Waals surface area contributed by atoms with E-state index in [1.54, 1.807) is 57.4 Å². The topological polar surface area (TPSA) is 67.2 Å². The molecule has 0 aliphatic heterocycles. The van der Waals surface area contributed by atoms with Crippen LogP contribution in [0.15, 0.2) is 41.2 Å². The highest BCUT2D eigenvalue weighted by Gasteiger charge is 2.23. The Morgan fingerprint density at radius 3 is 2.46 bits per heavy atom. The third-order valence-electron chi connectivity index (χ3n) is 4.52. The van der Waals surface area contributed by atoms with Gasteiger partial charge in [-0.3, -0.25) is 9.36 Å². The van der Waals surface area contributed by atoms with Crippen molar-refractivity contribution in [3.63, 3.8) is 0 Å². The molecule has 2 aromatic carbocycles. The summed E-state index contributed by atoms with van der Waals surface area (Å²) in [5.41, 5.74) is 0.701. The number of urea groups is 1. The number of amides is 2. The molecule has 0 radical (unpaired) electrons. The zero-order valence-corrected chi connectivity index (χ0v) is 17.6. The lowest BCUT2D eigenvalue weighted by Crippen LogP contribution is -2.37. The molecule has 0 fully saturated rings. The standard InChI is InChI=1S/C19H17Cl3N4O2/c1-10(25(2)19(28)24-15-7-5-11(20)8-14(15)22)17-23-16-9-12(21)4-6-13(16)18(27)26(17)3/h4-10H,1-3H3,(H,24,28). The minimum atomic E-state index is -0.493. The summed E-state index contributed by atoms with van der Waals surface area (Å²) in [6.07, 6.45) is 0. The molecule has 2 amide bonds. The van der Waals surface area contributed by atoms with Gasteiger partial charge in [0.1, 0.15) is 5.82 Å². The molecule has 6 nitrogen and oxygen atoms in total. The number of benzene rings is 2. The van der Waals surface area contributed by atoms with Crippen molar-refractivity contribution in [1.29, 1.82) is 0 Å². The maximum atomic E-state index is 12.7. The number of aromatic nitrogens is 2. The molecule has 28 heavy (non-hydrogen) atoms. The van der Waals surface area contributed by atoms with Gasteiger partial charge >= 0.3 is 6.03 Å². The van der Waals surface area contributed by atoms with Gasteiger partial charge in [0.2, 0.25) is 0 Å². The quantitative estimate of drug-likeness (QED) is 0.616. The number of nitrogens with one attached hydrogen (secondary N) is 1. The smallest absolute Gasteiger partial charge is 0.318 e. The Hall–Kier alpha value is -2.28. The number of carbonyl (C=O) groups excluding carboxylic acids is 1. The number of hydrogen-bond acceptors (Lipinski definition) is 3. The van der Waals surface area contributed by atoms with Gasteiger partial charge in [0.15, 0.2) is 0 Å². The van der Waals surface area contributed by atoms with Crippen LogP contribution >= 0.6 is 34.8 Å². The van der Waals surface area contributed by atoms with Crippen molar-refractivity contribution < 1.29 is 4.79 Å². The van der Waals surface area contributed by atoms with Crippen LogP contribution in [0.25, 0.3) is 10.9 Å². The average Bonchev–Trinajstić information content (AvgIpc) is 2.65. The van der Waals surface area contributed by atoms with E-state index in [9.17, 15) is 9.59 Å². The van der Waals surface area contributed by atoms with Crippen molar-refractivity contribution in [3.8, 4) is 0 Å². The summed E-state index contributed by atoms with van der Waals surface area (Å²) in [5, 5.41) is 4.47. The van der Waals surface area contributed by atoms with Crippen LogP contribution in [-0.4, -0.2) is 27.5 Å². The third-order valence-corrected chi connectivity index (χ3v) is 5.30. The molecule has 1 atom stereocenters. The lowest BCUT2D eigenvalue weighted by Gasteiger charge is -2.26. The molecule has 3 rings (SSSR count). The minimum Gasteiger partial charge on any atom is -0.318 e. The number of hydrogen-bond donors (Lipinski definition) is 1. The second-order valence-electron chi connectivity index (χ2n) is 6.34. The predicted molar refractivity (Wildman–Crippen MR) is 114 cm³/mol. The number of fused-ring (bicyclic) bond motifs is 1. The second kappa shape index (κ2) is 7.99. The van der Waals surface area contributed by atoms with E-state index in [1.807, 2.05) is 0 Å². The Bertz CT molecular complexity index is 1130. The molecule has 0 saturated heterocycles. The molecule has 0 saturated carbocycles. The number of halogens is 3. The van der Waals surface area contributed by atoms with Crippen molar-refractivity contribution in [3.05, 3.63) is 67.6 Å². The summed E-state index contributed by atoms with van der Waals surface area (Å²) in [5.74, 6) is 0.430. The Morgan fingerprint density at radius 2 is 1.79 bits per heavy atom. The van der Waals surface area contributed by atoms with Gasteiger partial charge in [0.05, 0.1) is 27.7 Å². The van der Waals surface area contributed by atoms with Gasteiger partial charge in [-0.15, -0.1) is 0 Å². The predicted octanol–water partition coefficient (Wildman–Crippen LogP) is 5.12. The summed E-state index contributed by atoms with van der Waals surface area (Å²) >= 11 is 18.0. The van der Waals surface area contributed by atoms with Crippen LogP contribution in [0, 0.1) is 0 Å². The first-order chi connectivity index (χ1) is 13.2. The van der Waals surface area contributed by atoms with Gasteiger partial charge in [-0.2, -0.15) is 0 Å². The number of anilines is 1. The van der Waals surface area contributed by atoms with Gasteiger partial charge in [-0.05, 0) is 43.3 Å². The molecule has 0 spiro atoms. The fourth-order valence-corrected chi connectivity index (χ4v) is 3.40. The van der Waals surface area contributed by atoms with E-state index in [2.05, 4.69) is 10.3 Å². The highest BCUT2D eigenvalue weighted by Crippen LogP contribution is 2.26. The molecule has 3 aromatic rings. The highest BCUT2D eigenvalue weighted by molar-refractivity contribution is 6.36. The largest absolute Gasteiger partial charge is 0.322 e. The van der Waals surface area contributed by atoms with E-state index in [4.69, 9.17) is 34.8 Å². The number of nitrogens with zero attached hydrogens (tertiary/aromatic N) is 3. The maximum absolute atomic E-state index is 12.7. The zero-order valence-electron chi connectivity index (χ0n) is 15.3. The minimum absolute atomic E-state index is 0.210. The van der Waals surface area contributed by atoms with Gasteiger partial charge in [0, 0.05) is 24.1 Å². The maximum Gasteiger partial charge on any atom is 0.322 e. The monoisotopic (exact) mass is 438 g/mol. The normalized spacial score (nSPS) is 12.1. The van der Waals surface area contributed by atoms with Crippen LogP contribution in [0.5, 0.6) is 0 Å². The van der Waals surface area contributed by atoms with E-state index >= 15 is 0 Å². The molecule has 0 bridgehead atoms. The lowest BCUT2D eigenvalue weighted by atomic mass is 10.2. The molecular weight excluding hydrogens is 423 g/mol. The van der Waals surface area contributed by atoms with Crippen LogP contribution in [0.1, 0.15) is 18.8 Å². The van der Waals surface area contributed by atoms with Gasteiger partial charge in [0.25, 0.3) is 5.56 Å². The fourth-order valence-electron chi connectivity index (χ4n) is 2.78. The zero-order chi connectivity index (χ0) is 20.6. The van der Waals surface area contributed by atoms with Crippen molar-refractivity contribution in [2.75, 3.05) is 12.4 Å². The molecular formula is C19H17Cl3N4O2. The van der Waals surface area contributed by atoms with E-state index in [0.717, 1.165) is 0 Å². The third kappa shape index (κ3) is 3.94. The molecule has 1 aromatic heterocycles. The van der Waals surface area contributed by atoms with E-state index in [0.29, 0.717) is 37.5 Å². The molecule has 146 valence electrons. The summed E-state index contributed by atoms with van der Waals surface area (Å²) in [6, 6.07) is 8.80. The van der Waals surface area contributed by atoms with Crippen molar-refractivity contribution >= 4 is 57.4 Å². The van der Waals surface area contributed by atoms with Crippen molar-refractivity contribution in [2.24, 2.45) is 7.05 Å². The van der Waals surface area contributed by atoms with Crippen LogP contribution in [0.3, 0.4) is 0 Å². The molecule has 0 aliphatic rings. The van der Waals surface area contributed by atoms with Crippen LogP contribution in [-0.2, 0) is 7.05 Å². The fraction of sp³-hybridized carbons (Fsp3) is 0.211. The summed E-state index contributed by atoms with van der Waals surface area (Å²) in [6.45, 7) is 1.78. The summed E-state index contributed by atoms with van der Waals surface area (Å²) < 4.78 is 1.43. The molecule has 0 aliphatic carbocycles. The van der Waals surface area contributed by atoms with Crippen molar-refractivity contribution in [2.45, 2.75) is 13.0 Å². The average molecular weight is 440 g/mol. The van der Waals surface area contributed by atoms with Crippen LogP contribution in [0.2, 0.25) is 15.1 Å².